The molecule has 106 valence electrons. The second-order valence-corrected chi connectivity index (χ2v) is 5.88. The number of carbonyl (C=O) groups is 1. The fraction of sp³-hybridized carbons (Fsp3) is 0.312. The van der Waals surface area contributed by atoms with Crippen LogP contribution in [0.3, 0.4) is 0 Å². The van der Waals surface area contributed by atoms with E-state index in [1.807, 2.05) is 37.3 Å². The molecule has 1 N–H and O–H groups in total. The Labute approximate surface area is 122 Å². The molecule has 4 heteroatoms. The van der Waals surface area contributed by atoms with E-state index in [1.165, 1.54) is 16.9 Å². The number of benzene rings is 1. The zero-order valence-electron chi connectivity index (χ0n) is 11.7. The lowest BCUT2D eigenvalue weighted by molar-refractivity contribution is 0.0697. The van der Waals surface area contributed by atoms with Gasteiger partial charge in [-0.25, -0.2) is 4.79 Å². The maximum absolute atomic E-state index is 11.2. The van der Waals surface area contributed by atoms with Crippen LogP contribution in [-0.2, 0) is 13.0 Å². The second kappa shape index (κ2) is 6.57. The molecule has 0 atom stereocenters. The smallest absolute Gasteiger partial charge is 0.349 e. The highest BCUT2D eigenvalue weighted by molar-refractivity contribution is 7.14. The first-order valence-electron chi connectivity index (χ1n) is 6.64. The molecule has 0 spiro atoms. The van der Waals surface area contributed by atoms with E-state index in [-0.39, 0.29) is 0 Å². The van der Waals surface area contributed by atoms with Crippen LogP contribution in [-0.4, -0.2) is 11.1 Å². The molecule has 0 saturated carbocycles. The molecule has 1 aromatic carbocycles. The van der Waals surface area contributed by atoms with E-state index in [9.17, 15) is 9.90 Å². The molecule has 20 heavy (non-hydrogen) atoms. The third-order valence-electron chi connectivity index (χ3n) is 2.92. The van der Waals surface area contributed by atoms with Crippen LogP contribution in [0.1, 0.15) is 39.0 Å². The molecule has 0 aliphatic rings. The molecule has 0 radical (unpaired) electrons. The minimum atomic E-state index is -0.920. The fourth-order valence-corrected chi connectivity index (χ4v) is 3.05. The summed E-state index contributed by atoms with van der Waals surface area (Å²) in [4.78, 5) is 12.6. The van der Waals surface area contributed by atoms with E-state index < -0.39 is 5.97 Å². The molecule has 0 fully saturated rings. The minimum absolute atomic E-state index is 0.293. The van der Waals surface area contributed by atoms with E-state index >= 15 is 0 Å². The molecular formula is C16H18O3S. The first-order valence-corrected chi connectivity index (χ1v) is 7.46. The van der Waals surface area contributed by atoms with Gasteiger partial charge in [-0.05, 0) is 25.0 Å². The van der Waals surface area contributed by atoms with Gasteiger partial charge in [-0.15, -0.1) is 11.3 Å². The normalized spacial score (nSPS) is 10.5. The molecule has 0 unspecified atom stereocenters. The Hall–Kier alpha value is -1.81. The number of thiophene rings is 1. The maximum atomic E-state index is 11.2. The molecule has 0 bridgehead atoms. The van der Waals surface area contributed by atoms with Crippen molar-refractivity contribution in [2.24, 2.45) is 0 Å². The first-order chi connectivity index (χ1) is 9.60. The zero-order chi connectivity index (χ0) is 14.5. The van der Waals surface area contributed by atoms with Crippen LogP contribution in [0.2, 0.25) is 0 Å². The Kier molecular flexibility index (Phi) is 4.79. The molecule has 1 heterocycles. The number of rotatable bonds is 6. The lowest BCUT2D eigenvalue weighted by Crippen LogP contribution is -2.00. The lowest BCUT2D eigenvalue weighted by atomic mass is 10.1. The number of aryl methyl sites for hydroxylation is 2. The predicted molar refractivity (Wildman–Crippen MR) is 80.8 cm³/mol. The van der Waals surface area contributed by atoms with E-state index in [0.717, 1.165) is 23.3 Å². The maximum Gasteiger partial charge on any atom is 0.349 e. The summed E-state index contributed by atoms with van der Waals surface area (Å²) in [5.41, 5.74) is 2.21. The molecule has 0 aliphatic heterocycles. The topological polar surface area (TPSA) is 46.5 Å². The highest BCUT2D eigenvalue weighted by atomic mass is 32.1. The third-order valence-corrected chi connectivity index (χ3v) is 4.08. The monoisotopic (exact) mass is 290 g/mol. The van der Waals surface area contributed by atoms with Gasteiger partial charge in [0.2, 0.25) is 0 Å². The van der Waals surface area contributed by atoms with Crippen LogP contribution < -0.4 is 4.74 Å². The summed E-state index contributed by atoms with van der Waals surface area (Å²) in [5.74, 6) is -0.441. The van der Waals surface area contributed by atoms with Crippen molar-refractivity contribution in [1.82, 2.24) is 0 Å². The third kappa shape index (κ3) is 3.61. The standard InChI is InChI=1S/C16H18O3S/c1-3-5-13-9-14(15(20-13)16(17)18)19-10-12-7-4-6-11(2)8-12/h4,6-9H,3,5,10H2,1-2H3,(H,17,18). The Morgan fingerprint density at radius 2 is 2.15 bits per heavy atom. The molecule has 2 rings (SSSR count). The molecule has 2 aromatic rings. The van der Waals surface area contributed by atoms with Crippen molar-refractivity contribution in [3.8, 4) is 5.75 Å². The Bertz CT molecular complexity index is 602. The summed E-state index contributed by atoms with van der Waals surface area (Å²) < 4.78 is 5.70. The Balaban J connectivity index is 2.13. The Morgan fingerprint density at radius 1 is 1.35 bits per heavy atom. The van der Waals surface area contributed by atoms with Gasteiger partial charge in [-0.1, -0.05) is 43.2 Å². The van der Waals surface area contributed by atoms with Crippen LogP contribution in [0.4, 0.5) is 0 Å². The predicted octanol–water partition coefficient (Wildman–Crippen LogP) is 4.29. The van der Waals surface area contributed by atoms with Gasteiger partial charge in [0.1, 0.15) is 12.4 Å². The summed E-state index contributed by atoms with van der Waals surface area (Å²) in [6.45, 7) is 4.49. The van der Waals surface area contributed by atoms with E-state index in [0.29, 0.717) is 17.2 Å². The van der Waals surface area contributed by atoms with Gasteiger partial charge in [0, 0.05) is 4.88 Å². The van der Waals surface area contributed by atoms with Crippen molar-refractivity contribution in [1.29, 1.82) is 0 Å². The molecule has 0 saturated heterocycles. The van der Waals surface area contributed by atoms with Crippen molar-refractivity contribution < 1.29 is 14.6 Å². The number of carboxylic acid groups (broad SMARTS) is 1. The number of ether oxygens (including phenoxy) is 1. The fourth-order valence-electron chi connectivity index (χ4n) is 2.01. The summed E-state index contributed by atoms with van der Waals surface area (Å²) in [5, 5.41) is 9.22. The van der Waals surface area contributed by atoms with Gasteiger partial charge in [0.25, 0.3) is 0 Å². The van der Waals surface area contributed by atoms with Gasteiger partial charge >= 0.3 is 5.97 Å². The van der Waals surface area contributed by atoms with Gasteiger partial charge in [-0.3, -0.25) is 0 Å². The average Bonchev–Trinajstić information content (AvgIpc) is 2.80. The molecule has 3 nitrogen and oxygen atoms in total. The number of carboxylic acids is 1. The second-order valence-electron chi connectivity index (χ2n) is 4.74. The van der Waals surface area contributed by atoms with Crippen molar-refractivity contribution in [3.63, 3.8) is 0 Å². The van der Waals surface area contributed by atoms with Gasteiger partial charge in [0.05, 0.1) is 0 Å². The molecule has 0 amide bonds. The SMILES string of the molecule is CCCc1cc(OCc2cccc(C)c2)c(C(=O)O)s1. The van der Waals surface area contributed by atoms with E-state index in [4.69, 9.17) is 4.74 Å². The van der Waals surface area contributed by atoms with Crippen LogP contribution in [0.25, 0.3) is 0 Å². The number of aromatic carboxylic acids is 1. The van der Waals surface area contributed by atoms with Crippen LogP contribution in [0.15, 0.2) is 30.3 Å². The van der Waals surface area contributed by atoms with E-state index in [2.05, 4.69) is 6.92 Å². The Morgan fingerprint density at radius 3 is 2.80 bits per heavy atom. The minimum Gasteiger partial charge on any atom is -0.487 e. The molecule has 0 aliphatic carbocycles. The highest BCUT2D eigenvalue weighted by Crippen LogP contribution is 2.31. The van der Waals surface area contributed by atoms with Crippen molar-refractivity contribution in [2.45, 2.75) is 33.3 Å². The van der Waals surface area contributed by atoms with Crippen LogP contribution >= 0.6 is 11.3 Å². The first kappa shape index (κ1) is 14.6. The van der Waals surface area contributed by atoms with Crippen molar-refractivity contribution in [3.05, 3.63) is 51.2 Å². The van der Waals surface area contributed by atoms with Gasteiger partial charge in [-0.2, -0.15) is 0 Å². The molecular weight excluding hydrogens is 272 g/mol. The zero-order valence-corrected chi connectivity index (χ0v) is 12.5. The summed E-state index contributed by atoms with van der Waals surface area (Å²) in [6, 6.07) is 9.87. The van der Waals surface area contributed by atoms with Gasteiger partial charge < -0.3 is 9.84 Å². The van der Waals surface area contributed by atoms with Crippen LogP contribution in [0.5, 0.6) is 5.75 Å². The number of hydrogen-bond acceptors (Lipinski definition) is 3. The van der Waals surface area contributed by atoms with E-state index in [1.54, 1.807) is 0 Å². The van der Waals surface area contributed by atoms with Crippen LogP contribution in [0, 0.1) is 6.92 Å². The highest BCUT2D eigenvalue weighted by Gasteiger charge is 2.16. The summed E-state index contributed by atoms with van der Waals surface area (Å²) >= 11 is 1.31. The number of hydrogen-bond donors (Lipinski definition) is 1. The largest absolute Gasteiger partial charge is 0.487 e. The quantitative estimate of drug-likeness (QED) is 0.863. The van der Waals surface area contributed by atoms with Crippen molar-refractivity contribution >= 4 is 17.3 Å². The summed E-state index contributed by atoms with van der Waals surface area (Å²) in [6.07, 6.45) is 1.88. The summed E-state index contributed by atoms with van der Waals surface area (Å²) in [7, 11) is 0. The lowest BCUT2D eigenvalue weighted by Gasteiger charge is -2.06. The van der Waals surface area contributed by atoms with Crippen molar-refractivity contribution in [2.75, 3.05) is 0 Å². The average molecular weight is 290 g/mol. The van der Waals surface area contributed by atoms with Gasteiger partial charge in [0.15, 0.2) is 4.88 Å². The molecule has 1 aromatic heterocycles.